The molecule has 1 heterocycles. The number of benzene rings is 1. The van der Waals surface area contributed by atoms with Gasteiger partial charge in [0.15, 0.2) is 0 Å². The van der Waals surface area contributed by atoms with Gasteiger partial charge in [-0.3, -0.25) is 0 Å². The van der Waals surface area contributed by atoms with Crippen LogP contribution in [0, 0.1) is 0 Å². The topological polar surface area (TPSA) is 53.7 Å². The van der Waals surface area contributed by atoms with E-state index in [0.717, 1.165) is 11.1 Å². The van der Waals surface area contributed by atoms with Crippen LogP contribution in [-0.4, -0.2) is 18.2 Å². The van der Waals surface area contributed by atoms with Crippen molar-refractivity contribution in [3.8, 4) is 0 Å². The van der Waals surface area contributed by atoms with Gasteiger partial charge in [-0.1, -0.05) is 12.2 Å². The smallest absolute Gasteiger partial charge is 0.341 e. The second kappa shape index (κ2) is 6.21. The van der Waals surface area contributed by atoms with E-state index in [9.17, 15) is 4.79 Å². The van der Waals surface area contributed by atoms with Crippen LogP contribution in [0.1, 0.15) is 5.56 Å². The van der Waals surface area contributed by atoms with Crippen molar-refractivity contribution < 1.29 is 9.52 Å². The molecular weight excluding hydrogens is 254 g/mol. The van der Waals surface area contributed by atoms with Crippen LogP contribution in [0.4, 0.5) is 5.69 Å². The van der Waals surface area contributed by atoms with Crippen molar-refractivity contribution in [1.29, 1.82) is 0 Å². The van der Waals surface area contributed by atoms with Crippen molar-refractivity contribution >= 4 is 16.7 Å². The summed E-state index contributed by atoms with van der Waals surface area (Å²) in [7, 11) is 0. The quantitative estimate of drug-likeness (QED) is 0.647. The highest BCUT2D eigenvalue weighted by atomic mass is 16.4. The third-order valence-corrected chi connectivity index (χ3v) is 3.03. The molecule has 4 heteroatoms. The minimum atomic E-state index is -0.504. The van der Waals surface area contributed by atoms with Gasteiger partial charge in [0.25, 0.3) is 0 Å². The number of aliphatic hydroxyl groups is 1. The first-order chi connectivity index (χ1) is 9.69. The molecule has 2 aromatic rings. The average Bonchev–Trinajstić information content (AvgIpc) is 2.45. The van der Waals surface area contributed by atoms with E-state index in [1.807, 2.05) is 18.2 Å². The molecule has 0 radical (unpaired) electrons. The lowest BCUT2D eigenvalue weighted by Gasteiger charge is -2.21. The van der Waals surface area contributed by atoms with E-state index >= 15 is 0 Å². The maximum Gasteiger partial charge on any atom is 0.341 e. The summed E-state index contributed by atoms with van der Waals surface area (Å²) in [6.07, 6.45) is 3.61. The van der Waals surface area contributed by atoms with Gasteiger partial charge in [-0.05, 0) is 18.2 Å². The standard InChI is InChI=1S/C16H17NO3/c1-3-7-17(8-4-2)14-6-5-12-9-13(11-18)16(19)20-15(12)10-14/h3-6,9-10,18H,1-2,7-8,11H2. The fourth-order valence-electron chi connectivity index (χ4n) is 2.05. The third-order valence-electron chi connectivity index (χ3n) is 3.03. The van der Waals surface area contributed by atoms with E-state index < -0.39 is 5.63 Å². The Bertz CT molecular complexity index is 678. The highest BCUT2D eigenvalue weighted by molar-refractivity contribution is 5.81. The van der Waals surface area contributed by atoms with Crippen LogP contribution in [-0.2, 0) is 6.61 Å². The predicted octanol–water partition coefficient (Wildman–Crippen LogP) is 2.46. The first-order valence-electron chi connectivity index (χ1n) is 6.34. The zero-order chi connectivity index (χ0) is 14.5. The van der Waals surface area contributed by atoms with Gasteiger partial charge >= 0.3 is 5.63 Å². The van der Waals surface area contributed by atoms with Crippen LogP contribution < -0.4 is 10.5 Å². The van der Waals surface area contributed by atoms with Gasteiger partial charge in [0.1, 0.15) is 5.58 Å². The highest BCUT2D eigenvalue weighted by Gasteiger charge is 2.08. The molecule has 104 valence electrons. The summed E-state index contributed by atoms with van der Waals surface area (Å²) in [5.74, 6) is 0. The summed E-state index contributed by atoms with van der Waals surface area (Å²) in [5, 5.41) is 9.86. The fraction of sp³-hybridized carbons (Fsp3) is 0.188. The predicted molar refractivity (Wildman–Crippen MR) is 81.0 cm³/mol. The zero-order valence-corrected chi connectivity index (χ0v) is 11.2. The monoisotopic (exact) mass is 271 g/mol. The van der Waals surface area contributed by atoms with Gasteiger partial charge in [0, 0.05) is 30.2 Å². The van der Waals surface area contributed by atoms with Crippen LogP contribution >= 0.6 is 0 Å². The molecule has 1 aromatic heterocycles. The summed E-state index contributed by atoms with van der Waals surface area (Å²) in [5.41, 5.74) is 1.19. The Morgan fingerprint density at radius 3 is 2.50 bits per heavy atom. The Morgan fingerprint density at radius 1 is 1.20 bits per heavy atom. The van der Waals surface area contributed by atoms with E-state index in [2.05, 4.69) is 18.1 Å². The molecule has 2 rings (SSSR count). The second-order valence-electron chi connectivity index (χ2n) is 4.42. The van der Waals surface area contributed by atoms with Crippen LogP contribution in [0.25, 0.3) is 11.0 Å². The van der Waals surface area contributed by atoms with Gasteiger partial charge in [-0.15, -0.1) is 13.2 Å². The molecule has 0 amide bonds. The van der Waals surface area contributed by atoms with Crippen molar-refractivity contribution in [2.45, 2.75) is 6.61 Å². The molecule has 0 aliphatic carbocycles. The molecule has 0 saturated heterocycles. The molecule has 1 aromatic carbocycles. The van der Waals surface area contributed by atoms with E-state index in [4.69, 9.17) is 9.52 Å². The number of rotatable bonds is 6. The number of nitrogens with zero attached hydrogens (tertiary/aromatic N) is 1. The van der Waals surface area contributed by atoms with Crippen LogP contribution in [0.5, 0.6) is 0 Å². The number of hydrogen-bond acceptors (Lipinski definition) is 4. The normalized spacial score (nSPS) is 10.4. The van der Waals surface area contributed by atoms with Crippen molar-refractivity contribution in [3.05, 3.63) is 65.6 Å². The largest absolute Gasteiger partial charge is 0.422 e. The summed E-state index contributed by atoms with van der Waals surface area (Å²) >= 11 is 0. The summed E-state index contributed by atoms with van der Waals surface area (Å²) in [6.45, 7) is 8.49. The number of anilines is 1. The van der Waals surface area contributed by atoms with Crippen molar-refractivity contribution in [1.82, 2.24) is 0 Å². The Balaban J connectivity index is 2.49. The molecule has 0 fully saturated rings. The first kappa shape index (κ1) is 14.1. The Hall–Kier alpha value is -2.33. The van der Waals surface area contributed by atoms with Gasteiger partial charge in [-0.2, -0.15) is 0 Å². The van der Waals surface area contributed by atoms with Gasteiger partial charge in [-0.25, -0.2) is 4.79 Å². The third kappa shape index (κ3) is 2.81. The number of hydrogen-bond donors (Lipinski definition) is 1. The Labute approximate surface area is 117 Å². The van der Waals surface area contributed by atoms with Crippen LogP contribution in [0.2, 0.25) is 0 Å². The first-order valence-corrected chi connectivity index (χ1v) is 6.34. The molecule has 0 bridgehead atoms. The maximum atomic E-state index is 11.6. The summed E-state index contributed by atoms with van der Waals surface area (Å²) < 4.78 is 5.24. The number of aliphatic hydroxyl groups excluding tert-OH is 1. The SMILES string of the molecule is C=CCN(CC=C)c1ccc2cc(CO)c(=O)oc2c1. The molecule has 0 spiro atoms. The van der Waals surface area contributed by atoms with E-state index in [-0.39, 0.29) is 12.2 Å². The zero-order valence-electron chi connectivity index (χ0n) is 11.2. The maximum absolute atomic E-state index is 11.6. The minimum absolute atomic E-state index is 0.263. The van der Waals surface area contributed by atoms with Crippen molar-refractivity contribution in [3.63, 3.8) is 0 Å². The minimum Gasteiger partial charge on any atom is -0.422 e. The fourth-order valence-corrected chi connectivity index (χ4v) is 2.05. The molecule has 0 aliphatic heterocycles. The molecule has 0 aliphatic rings. The van der Waals surface area contributed by atoms with Crippen molar-refractivity contribution in [2.75, 3.05) is 18.0 Å². The Kier molecular flexibility index (Phi) is 4.38. The lowest BCUT2D eigenvalue weighted by atomic mass is 10.1. The van der Waals surface area contributed by atoms with E-state index in [0.29, 0.717) is 18.7 Å². The molecule has 0 atom stereocenters. The number of fused-ring (bicyclic) bond motifs is 1. The summed E-state index contributed by atoms with van der Waals surface area (Å²) in [6, 6.07) is 7.27. The van der Waals surface area contributed by atoms with Crippen LogP contribution in [0.15, 0.2) is 58.8 Å². The molecule has 4 nitrogen and oxygen atoms in total. The van der Waals surface area contributed by atoms with Gasteiger partial charge in [0.05, 0.1) is 12.2 Å². The van der Waals surface area contributed by atoms with Gasteiger partial charge in [0.2, 0.25) is 0 Å². The molecule has 0 unspecified atom stereocenters. The Morgan fingerprint density at radius 2 is 1.90 bits per heavy atom. The van der Waals surface area contributed by atoms with Crippen molar-refractivity contribution in [2.24, 2.45) is 0 Å². The summed E-state index contributed by atoms with van der Waals surface area (Å²) in [4.78, 5) is 13.7. The van der Waals surface area contributed by atoms with Crippen LogP contribution in [0.3, 0.4) is 0 Å². The molecule has 20 heavy (non-hydrogen) atoms. The lowest BCUT2D eigenvalue weighted by Crippen LogP contribution is -2.22. The molecule has 1 N–H and O–H groups in total. The molecule has 0 saturated carbocycles. The highest BCUT2D eigenvalue weighted by Crippen LogP contribution is 2.22. The lowest BCUT2D eigenvalue weighted by molar-refractivity contribution is 0.276. The molecular formula is C16H17NO3. The van der Waals surface area contributed by atoms with Gasteiger partial charge < -0.3 is 14.4 Å². The average molecular weight is 271 g/mol. The second-order valence-corrected chi connectivity index (χ2v) is 4.42. The van der Waals surface area contributed by atoms with E-state index in [1.165, 1.54) is 0 Å². The van der Waals surface area contributed by atoms with E-state index in [1.54, 1.807) is 18.2 Å².